The first-order valence-corrected chi connectivity index (χ1v) is 4.98. The van der Waals surface area contributed by atoms with Crippen LogP contribution in [0, 0.1) is 0 Å². The van der Waals surface area contributed by atoms with Crippen molar-refractivity contribution in [2.75, 3.05) is 0 Å². The van der Waals surface area contributed by atoms with Gasteiger partial charge in [-0.1, -0.05) is 28.1 Å². The Morgan fingerprint density at radius 3 is 2.67 bits per heavy atom. The van der Waals surface area contributed by atoms with Crippen LogP contribution in [0.2, 0.25) is 0 Å². The topological polar surface area (TPSA) is 94.8 Å². The van der Waals surface area contributed by atoms with E-state index in [1.54, 1.807) is 0 Å². The largest absolute Gasteiger partial charge is 0.480 e. The van der Waals surface area contributed by atoms with E-state index in [4.69, 9.17) is 10.8 Å². The van der Waals surface area contributed by atoms with Crippen LogP contribution >= 0.6 is 15.9 Å². The van der Waals surface area contributed by atoms with E-state index in [2.05, 4.69) is 15.9 Å². The number of hydrogen-bond donors (Lipinski definition) is 2. The van der Waals surface area contributed by atoms with Gasteiger partial charge in [-0.2, -0.15) is 0 Å². The lowest BCUT2D eigenvalue weighted by Crippen LogP contribution is -2.46. The fourth-order valence-electron chi connectivity index (χ4n) is 1.15. The molecule has 5 heteroatoms. The number of halogens is 1. The second-order valence-corrected chi connectivity index (χ2v) is 4.44. The third-order valence-electron chi connectivity index (χ3n) is 1.95. The number of carbonyl (C=O) groups is 1. The smallest absolute Gasteiger partial charge is 0.323 e. The lowest BCUT2D eigenvalue weighted by atomic mass is 9.94. The van der Waals surface area contributed by atoms with E-state index in [9.17, 15) is 4.79 Å². The Hall–Kier alpha value is -0.910. The zero-order chi connectivity index (χ0) is 10.8. The van der Waals surface area contributed by atoms with Gasteiger partial charge in [0.25, 0.3) is 0 Å². The summed E-state index contributed by atoms with van der Waals surface area (Å²) in [5, 5.41) is 8.84. The summed E-state index contributed by atoms with van der Waals surface area (Å²) in [7, 11) is 0. The van der Waals surface area contributed by atoms with Crippen LogP contribution in [0.15, 0.2) is 28.7 Å². The van der Waals surface area contributed by atoms with Crippen molar-refractivity contribution < 1.29 is 15.4 Å². The maximum atomic E-state index is 10.8. The molecule has 0 aliphatic heterocycles. The predicted molar refractivity (Wildman–Crippen MR) is 61.7 cm³/mol. The van der Waals surface area contributed by atoms with Gasteiger partial charge in [-0.25, -0.2) is 0 Å². The van der Waals surface area contributed by atoms with Gasteiger partial charge in [-0.05, 0) is 24.6 Å². The highest BCUT2D eigenvalue weighted by atomic mass is 79.9. The summed E-state index contributed by atoms with van der Waals surface area (Å²) in [6.45, 7) is 1.51. The molecule has 0 fully saturated rings. The minimum atomic E-state index is -1.21. The van der Waals surface area contributed by atoms with Gasteiger partial charge in [-0.15, -0.1) is 0 Å². The Bertz CT molecular complexity index is 352. The molecule has 4 nitrogen and oxygen atoms in total. The second kappa shape index (κ2) is 5.25. The first-order valence-electron chi connectivity index (χ1n) is 4.18. The molecule has 0 amide bonds. The highest BCUT2D eigenvalue weighted by Gasteiger charge is 2.27. The first-order chi connectivity index (χ1) is 6.42. The lowest BCUT2D eigenvalue weighted by Gasteiger charge is -2.18. The van der Waals surface area contributed by atoms with E-state index in [0.717, 1.165) is 10.0 Å². The molecule has 0 radical (unpaired) electrons. The molecule has 0 saturated heterocycles. The Labute approximate surface area is 96.5 Å². The number of rotatable bonds is 3. The Kier molecular flexibility index (Phi) is 4.93. The summed E-state index contributed by atoms with van der Waals surface area (Å²) in [6, 6.07) is 7.47. The summed E-state index contributed by atoms with van der Waals surface area (Å²) in [5.41, 5.74) is 5.33. The third-order valence-corrected chi connectivity index (χ3v) is 2.44. The van der Waals surface area contributed by atoms with Crippen molar-refractivity contribution in [3.8, 4) is 0 Å². The molecule has 0 bridgehead atoms. The molecule has 0 aromatic heterocycles. The summed E-state index contributed by atoms with van der Waals surface area (Å²) in [6.07, 6.45) is 0.321. The van der Waals surface area contributed by atoms with Gasteiger partial charge in [0.05, 0.1) is 0 Å². The predicted octanol–water partition coefficient (Wildman–Crippen LogP) is 0.969. The number of hydrogen-bond acceptors (Lipinski definition) is 2. The highest BCUT2D eigenvalue weighted by Crippen LogP contribution is 2.16. The van der Waals surface area contributed by atoms with Crippen molar-refractivity contribution in [3.63, 3.8) is 0 Å². The van der Waals surface area contributed by atoms with E-state index < -0.39 is 11.5 Å². The average molecular weight is 276 g/mol. The van der Waals surface area contributed by atoms with Crippen LogP contribution in [0.25, 0.3) is 0 Å². The SMILES string of the molecule is C[C@](N)(Cc1cccc(Br)c1)C(=O)O.O. The average Bonchev–Trinajstić information content (AvgIpc) is 2.02. The molecule has 5 N–H and O–H groups in total. The fraction of sp³-hybridized carbons (Fsp3) is 0.300. The van der Waals surface area contributed by atoms with Gasteiger partial charge < -0.3 is 16.3 Å². The minimum Gasteiger partial charge on any atom is -0.480 e. The summed E-state index contributed by atoms with van der Waals surface area (Å²) >= 11 is 3.32. The van der Waals surface area contributed by atoms with Crippen molar-refractivity contribution in [3.05, 3.63) is 34.3 Å². The molecule has 0 saturated carbocycles. The van der Waals surface area contributed by atoms with Crippen LogP contribution in [-0.4, -0.2) is 22.1 Å². The molecule has 0 heterocycles. The molecule has 0 unspecified atom stereocenters. The quantitative estimate of drug-likeness (QED) is 0.861. The van der Waals surface area contributed by atoms with Crippen LogP contribution in [0.3, 0.4) is 0 Å². The van der Waals surface area contributed by atoms with Crippen molar-refractivity contribution in [1.29, 1.82) is 0 Å². The molecule has 1 aromatic rings. The second-order valence-electron chi connectivity index (χ2n) is 3.53. The Morgan fingerprint density at radius 1 is 1.60 bits per heavy atom. The number of benzene rings is 1. The number of nitrogens with two attached hydrogens (primary N) is 1. The fourth-order valence-corrected chi connectivity index (χ4v) is 1.59. The van der Waals surface area contributed by atoms with E-state index in [-0.39, 0.29) is 5.48 Å². The molecular weight excluding hydrogens is 262 g/mol. The van der Waals surface area contributed by atoms with Crippen molar-refractivity contribution in [2.45, 2.75) is 18.9 Å². The zero-order valence-electron chi connectivity index (χ0n) is 8.33. The van der Waals surface area contributed by atoms with E-state index in [1.165, 1.54) is 6.92 Å². The van der Waals surface area contributed by atoms with Crippen LogP contribution in [0.4, 0.5) is 0 Å². The van der Waals surface area contributed by atoms with Gasteiger partial charge >= 0.3 is 5.97 Å². The molecule has 0 spiro atoms. The van der Waals surface area contributed by atoms with Gasteiger partial charge in [0.2, 0.25) is 0 Å². The zero-order valence-corrected chi connectivity index (χ0v) is 9.91. The van der Waals surface area contributed by atoms with Crippen molar-refractivity contribution >= 4 is 21.9 Å². The number of carboxylic acids is 1. The lowest BCUT2D eigenvalue weighted by molar-refractivity contribution is -0.142. The molecular formula is C10H14BrNO3. The van der Waals surface area contributed by atoms with E-state index in [0.29, 0.717) is 6.42 Å². The molecule has 1 aromatic carbocycles. The first kappa shape index (κ1) is 14.1. The molecule has 1 atom stereocenters. The van der Waals surface area contributed by atoms with Gasteiger partial charge in [-0.3, -0.25) is 4.79 Å². The molecule has 0 aliphatic rings. The minimum absolute atomic E-state index is 0. The summed E-state index contributed by atoms with van der Waals surface area (Å²) < 4.78 is 0.927. The molecule has 0 aliphatic carbocycles. The third kappa shape index (κ3) is 3.99. The van der Waals surface area contributed by atoms with Crippen molar-refractivity contribution in [2.24, 2.45) is 5.73 Å². The highest BCUT2D eigenvalue weighted by molar-refractivity contribution is 9.10. The molecule has 1 rings (SSSR count). The van der Waals surface area contributed by atoms with Crippen LogP contribution in [-0.2, 0) is 11.2 Å². The van der Waals surface area contributed by atoms with E-state index >= 15 is 0 Å². The van der Waals surface area contributed by atoms with Gasteiger partial charge in [0, 0.05) is 10.9 Å². The summed E-state index contributed by atoms with van der Waals surface area (Å²) in [4.78, 5) is 10.8. The van der Waals surface area contributed by atoms with Crippen molar-refractivity contribution in [1.82, 2.24) is 0 Å². The van der Waals surface area contributed by atoms with Gasteiger partial charge in [0.15, 0.2) is 0 Å². The number of carboxylic acid groups (broad SMARTS) is 1. The monoisotopic (exact) mass is 275 g/mol. The molecule has 15 heavy (non-hydrogen) atoms. The van der Waals surface area contributed by atoms with Gasteiger partial charge in [0.1, 0.15) is 5.54 Å². The number of aliphatic carboxylic acids is 1. The van der Waals surface area contributed by atoms with Crippen LogP contribution in [0.1, 0.15) is 12.5 Å². The normalized spacial score (nSPS) is 13.8. The maximum absolute atomic E-state index is 10.8. The standard InChI is InChI=1S/C10H12BrNO2.H2O/c1-10(12,9(13)14)6-7-3-2-4-8(11)5-7;/h2-5H,6,12H2,1H3,(H,13,14);1H2/t10-;/m0./s1. The molecule has 84 valence electrons. The maximum Gasteiger partial charge on any atom is 0.323 e. The Morgan fingerprint density at radius 2 is 2.20 bits per heavy atom. The van der Waals surface area contributed by atoms with Crippen LogP contribution < -0.4 is 5.73 Å². The van der Waals surface area contributed by atoms with E-state index in [1.807, 2.05) is 24.3 Å². The summed E-state index contributed by atoms with van der Waals surface area (Å²) in [5.74, 6) is -0.988. The Balaban J connectivity index is 0.00000196. The van der Waals surface area contributed by atoms with Crippen LogP contribution in [0.5, 0.6) is 0 Å².